The van der Waals surface area contributed by atoms with Crippen LogP contribution in [0.15, 0.2) is 29.6 Å². The van der Waals surface area contributed by atoms with Gasteiger partial charge >= 0.3 is 0 Å². The topological polar surface area (TPSA) is 63.7 Å². The van der Waals surface area contributed by atoms with E-state index in [0.717, 1.165) is 16.3 Å². The number of aromatic nitrogens is 1. The first-order valence-corrected chi connectivity index (χ1v) is 8.86. The number of benzene rings is 1. The van der Waals surface area contributed by atoms with Crippen molar-refractivity contribution in [3.63, 3.8) is 0 Å². The Labute approximate surface area is 145 Å². The van der Waals surface area contributed by atoms with Crippen molar-refractivity contribution in [1.29, 1.82) is 0 Å². The summed E-state index contributed by atoms with van der Waals surface area (Å²) in [7, 11) is 0. The van der Waals surface area contributed by atoms with Crippen LogP contribution in [0.1, 0.15) is 24.3 Å². The minimum atomic E-state index is -0.186. The van der Waals surface area contributed by atoms with Gasteiger partial charge in [0.1, 0.15) is 16.5 Å². The second-order valence-corrected chi connectivity index (χ2v) is 6.63. The summed E-state index contributed by atoms with van der Waals surface area (Å²) in [6, 6.07) is 7.77. The molecular weight excluding hydrogens is 326 g/mol. The van der Waals surface area contributed by atoms with Crippen LogP contribution in [-0.2, 0) is 4.74 Å². The summed E-state index contributed by atoms with van der Waals surface area (Å²) < 4.78 is 11.0. The molecule has 0 aliphatic carbocycles. The lowest BCUT2D eigenvalue weighted by molar-refractivity contribution is 0.0125. The molecule has 3 rings (SSSR count). The van der Waals surface area contributed by atoms with Gasteiger partial charge in [-0.25, -0.2) is 9.99 Å². The SMILES string of the molecule is CC(C)Oc1cccc(-c2nc(C(=O)NN3CCOCC3)cs2)c1. The molecule has 128 valence electrons. The Morgan fingerprint density at radius 1 is 1.38 bits per heavy atom. The van der Waals surface area contributed by atoms with Crippen LogP contribution in [-0.4, -0.2) is 48.3 Å². The molecule has 6 nitrogen and oxygen atoms in total. The monoisotopic (exact) mass is 347 g/mol. The maximum Gasteiger partial charge on any atom is 0.285 e. The summed E-state index contributed by atoms with van der Waals surface area (Å²) >= 11 is 1.45. The molecule has 1 aliphatic rings. The lowest BCUT2D eigenvalue weighted by Crippen LogP contribution is -2.48. The number of rotatable bonds is 5. The molecule has 1 aromatic heterocycles. The number of hydrogen-bond donors (Lipinski definition) is 1. The molecule has 0 unspecified atom stereocenters. The van der Waals surface area contributed by atoms with Crippen molar-refractivity contribution in [2.75, 3.05) is 26.3 Å². The zero-order chi connectivity index (χ0) is 16.9. The van der Waals surface area contributed by atoms with Crippen LogP contribution >= 0.6 is 11.3 Å². The fourth-order valence-corrected chi connectivity index (χ4v) is 3.16. The van der Waals surface area contributed by atoms with Gasteiger partial charge < -0.3 is 9.47 Å². The molecule has 24 heavy (non-hydrogen) atoms. The third-order valence-electron chi connectivity index (χ3n) is 3.46. The van der Waals surface area contributed by atoms with Crippen molar-refractivity contribution in [2.45, 2.75) is 20.0 Å². The maximum atomic E-state index is 12.3. The first-order valence-electron chi connectivity index (χ1n) is 7.98. The lowest BCUT2D eigenvalue weighted by atomic mass is 10.2. The van der Waals surface area contributed by atoms with Crippen LogP contribution in [0.4, 0.5) is 0 Å². The minimum Gasteiger partial charge on any atom is -0.491 e. The second-order valence-electron chi connectivity index (χ2n) is 5.77. The van der Waals surface area contributed by atoms with Gasteiger partial charge in [-0.1, -0.05) is 12.1 Å². The van der Waals surface area contributed by atoms with Gasteiger partial charge in [0.25, 0.3) is 5.91 Å². The Morgan fingerprint density at radius 2 is 2.17 bits per heavy atom. The molecule has 1 saturated heterocycles. The molecule has 2 heterocycles. The van der Waals surface area contributed by atoms with E-state index in [0.29, 0.717) is 32.0 Å². The maximum absolute atomic E-state index is 12.3. The molecule has 0 atom stereocenters. The van der Waals surface area contributed by atoms with Crippen molar-refractivity contribution < 1.29 is 14.3 Å². The van der Waals surface area contributed by atoms with Gasteiger partial charge in [0, 0.05) is 24.0 Å². The zero-order valence-corrected chi connectivity index (χ0v) is 14.6. The molecule has 1 N–H and O–H groups in total. The molecule has 1 fully saturated rings. The Morgan fingerprint density at radius 3 is 2.92 bits per heavy atom. The lowest BCUT2D eigenvalue weighted by Gasteiger charge is -2.26. The smallest absolute Gasteiger partial charge is 0.285 e. The van der Waals surface area contributed by atoms with E-state index in [1.54, 1.807) is 5.38 Å². The Hall–Kier alpha value is -1.96. The summed E-state index contributed by atoms with van der Waals surface area (Å²) in [4.78, 5) is 16.8. The van der Waals surface area contributed by atoms with Crippen LogP contribution in [0.2, 0.25) is 0 Å². The highest BCUT2D eigenvalue weighted by molar-refractivity contribution is 7.13. The van der Waals surface area contributed by atoms with Gasteiger partial charge in [-0.05, 0) is 26.0 Å². The molecular formula is C17H21N3O3S. The van der Waals surface area contributed by atoms with Crippen LogP contribution < -0.4 is 10.2 Å². The molecule has 2 aromatic rings. The van der Waals surface area contributed by atoms with E-state index >= 15 is 0 Å². The highest BCUT2D eigenvalue weighted by Gasteiger charge is 2.17. The number of ether oxygens (including phenoxy) is 2. The molecule has 0 spiro atoms. The molecule has 0 bridgehead atoms. The number of nitrogens with zero attached hydrogens (tertiary/aromatic N) is 2. The van der Waals surface area contributed by atoms with E-state index in [2.05, 4.69) is 10.4 Å². The average molecular weight is 347 g/mol. The predicted molar refractivity (Wildman–Crippen MR) is 93.2 cm³/mol. The average Bonchev–Trinajstić information content (AvgIpc) is 3.05. The predicted octanol–water partition coefficient (Wildman–Crippen LogP) is 2.57. The van der Waals surface area contributed by atoms with E-state index < -0.39 is 0 Å². The van der Waals surface area contributed by atoms with Gasteiger partial charge in [-0.2, -0.15) is 0 Å². The van der Waals surface area contributed by atoms with Gasteiger partial charge in [-0.15, -0.1) is 11.3 Å². The second kappa shape index (κ2) is 7.74. The fraction of sp³-hybridized carbons (Fsp3) is 0.412. The fourth-order valence-electron chi connectivity index (χ4n) is 2.36. The summed E-state index contributed by atoms with van der Waals surface area (Å²) in [6.07, 6.45) is 0.117. The zero-order valence-electron chi connectivity index (χ0n) is 13.8. The van der Waals surface area contributed by atoms with Crippen molar-refractivity contribution in [3.8, 4) is 16.3 Å². The van der Waals surface area contributed by atoms with E-state index in [-0.39, 0.29) is 12.0 Å². The number of nitrogens with one attached hydrogen (secondary N) is 1. The number of hydrogen-bond acceptors (Lipinski definition) is 6. The van der Waals surface area contributed by atoms with Crippen molar-refractivity contribution in [1.82, 2.24) is 15.4 Å². The number of carbonyl (C=O) groups is 1. The quantitative estimate of drug-likeness (QED) is 0.901. The van der Waals surface area contributed by atoms with Crippen LogP contribution in [0.5, 0.6) is 5.75 Å². The first-order chi connectivity index (χ1) is 11.6. The summed E-state index contributed by atoms with van der Waals surface area (Å²) in [6.45, 7) is 6.62. The number of morpholine rings is 1. The van der Waals surface area contributed by atoms with E-state index in [1.807, 2.05) is 43.1 Å². The van der Waals surface area contributed by atoms with Gasteiger partial charge in [0.15, 0.2) is 0 Å². The van der Waals surface area contributed by atoms with Crippen LogP contribution in [0, 0.1) is 0 Å². The van der Waals surface area contributed by atoms with E-state index in [1.165, 1.54) is 11.3 Å². The highest BCUT2D eigenvalue weighted by Crippen LogP contribution is 2.27. The van der Waals surface area contributed by atoms with Gasteiger partial charge in [0.2, 0.25) is 0 Å². The van der Waals surface area contributed by atoms with E-state index in [4.69, 9.17) is 9.47 Å². The minimum absolute atomic E-state index is 0.117. The number of thiazole rings is 1. The third-order valence-corrected chi connectivity index (χ3v) is 4.35. The summed E-state index contributed by atoms with van der Waals surface area (Å²) in [5, 5.41) is 4.44. The standard InChI is InChI=1S/C17H21N3O3S/c1-12(2)23-14-5-3-4-13(10-14)17-18-15(11-24-17)16(21)19-20-6-8-22-9-7-20/h3-5,10-12H,6-9H2,1-2H3,(H,19,21). The highest BCUT2D eigenvalue weighted by atomic mass is 32.1. The largest absolute Gasteiger partial charge is 0.491 e. The molecule has 1 aliphatic heterocycles. The number of hydrazine groups is 1. The Kier molecular flexibility index (Phi) is 5.44. The molecule has 7 heteroatoms. The van der Waals surface area contributed by atoms with Crippen molar-refractivity contribution >= 4 is 17.2 Å². The number of amides is 1. The normalized spacial score (nSPS) is 15.5. The Bertz CT molecular complexity index is 696. The third kappa shape index (κ3) is 4.31. The summed E-state index contributed by atoms with van der Waals surface area (Å²) in [5.41, 5.74) is 4.25. The van der Waals surface area contributed by atoms with Gasteiger partial charge in [0.05, 0.1) is 19.3 Å². The summed E-state index contributed by atoms with van der Waals surface area (Å²) in [5.74, 6) is 0.617. The van der Waals surface area contributed by atoms with Crippen molar-refractivity contribution in [2.24, 2.45) is 0 Å². The van der Waals surface area contributed by atoms with Crippen LogP contribution in [0.3, 0.4) is 0 Å². The molecule has 1 aromatic carbocycles. The first kappa shape index (κ1) is 16.9. The van der Waals surface area contributed by atoms with Crippen molar-refractivity contribution in [3.05, 3.63) is 35.3 Å². The molecule has 0 radical (unpaired) electrons. The molecule has 0 saturated carbocycles. The van der Waals surface area contributed by atoms with Gasteiger partial charge in [-0.3, -0.25) is 10.2 Å². The van der Waals surface area contributed by atoms with E-state index in [9.17, 15) is 4.79 Å². The van der Waals surface area contributed by atoms with Crippen LogP contribution in [0.25, 0.3) is 10.6 Å². The number of carbonyl (C=O) groups excluding carboxylic acids is 1. The molecule has 1 amide bonds. The Balaban J connectivity index is 1.69.